The number of hydrogen-bond donors (Lipinski definition) is 1. The van der Waals surface area contributed by atoms with Crippen LogP contribution in [0.15, 0.2) is 42.5 Å². The number of aryl methyl sites for hydroxylation is 1. The Bertz CT molecular complexity index is 742. The van der Waals surface area contributed by atoms with Crippen molar-refractivity contribution in [2.75, 3.05) is 0 Å². The first kappa shape index (κ1) is 15.7. The number of halogens is 1. The Morgan fingerprint density at radius 3 is 2.33 bits per heavy atom. The van der Waals surface area contributed by atoms with Crippen LogP contribution in [0.25, 0.3) is 0 Å². The van der Waals surface area contributed by atoms with Gasteiger partial charge in [0.25, 0.3) is 0 Å². The smallest absolute Gasteiger partial charge is 0.158 e. The van der Waals surface area contributed by atoms with Crippen molar-refractivity contribution >= 4 is 9.84 Å². The molecular formula is C16H18FNO2S. The summed E-state index contributed by atoms with van der Waals surface area (Å²) >= 11 is 0. The molecule has 0 unspecified atom stereocenters. The maximum absolute atomic E-state index is 13.4. The van der Waals surface area contributed by atoms with E-state index in [9.17, 15) is 12.8 Å². The summed E-state index contributed by atoms with van der Waals surface area (Å²) in [6.07, 6.45) is 0. The molecule has 0 amide bonds. The van der Waals surface area contributed by atoms with Crippen molar-refractivity contribution in [1.82, 2.24) is 0 Å². The summed E-state index contributed by atoms with van der Waals surface area (Å²) in [7, 11) is -3.35. The van der Waals surface area contributed by atoms with E-state index in [-0.39, 0.29) is 18.1 Å². The SMILES string of the molecule is Cc1cccc(CS(=O)(=O)Cc2cc(F)cc(CN)c2)c1. The van der Waals surface area contributed by atoms with Crippen LogP contribution in [0.4, 0.5) is 4.39 Å². The van der Waals surface area contributed by atoms with E-state index in [2.05, 4.69) is 0 Å². The maximum Gasteiger partial charge on any atom is 0.158 e. The zero-order valence-corrected chi connectivity index (χ0v) is 12.7. The number of rotatable bonds is 5. The molecule has 0 fully saturated rings. The second-order valence-corrected chi connectivity index (χ2v) is 7.26. The Morgan fingerprint density at radius 1 is 1.00 bits per heavy atom. The lowest BCUT2D eigenvalue weighted by Gasteiger charge is -2.07. The summed E-state index contributed by atoms with van der Waals surface area (Å²) in [5, 5.41) is 0. The largest absolute Gasteiger partial charge is 0.326 e. The van der Waals surface area contributed by atoms with Crippen molar-refractivity contribution in [1.29, 1.82) is 0 Å². The third-order valence-electron chi connectivity index (χ3n) is 3.11. The average Bonchev–Trinajstić information content (AvgIpc) is 2.36. The first-order valence-electron chi connectivity index (χ1n) is 6.62. The first-order valence-corrected chi connectivity index (χ1v) is 8.44. The monoisotopic (exact) mass is 307 g/mol. The van der Waals surface area contributed by atoms with Gasteiger partial charge in [0.2, 0.25) is 0 Å². The normalized spacial score (nSPS) is 11.6. The fourth-order valence-corrected chi connectivity index (χ4v) is 3.74. The Morgan fingerprint density at radius 2 is 1.67 bits per heavy atom. The molecule has 0 heterocycles. The zero-order chi connectivity index (χ0) is 15.5. The molecule has 0 aliphatic heterocycles. The Labute approximate surface area is 124 Å². The molecule has 0 atom stereocenters. The standard InChI is InChI=1S/C16H18FNO2S/c1-12-3-2-4-13(5-12)10-21(19,20)11-15-6-14(9-18)7-16(17)8-15/h2-8H,9-11,18H2,1H3. The van der Waals surface area contributed by atoms with E-state index in [1.165, 1.54) is 12.1 Å². The second-order valence-electron chi connectivity index (χ2n) is 5.19. The number of nitrogens with two attached hydrogens (primary N) is 1. The molecule has 0 saturated heterocycles. The van der Waals surface area contributed by atoms with Gasteiger partial charge in [0.05, 0.1) is 11.5 Å². The topological polar surface area (TPSA) is 60.2 Å². The quantitative estimate of drug-likeness (QED) is 0.924. The second kappa shape index (κ2) is 6.37. The minimum atomic E-state index is -3.35. The van der Waals surface area contributed by atoms with Crippen LogP contribution in [0.1, 0.15) is 22.3 Å². The van der Waals surface area contributed by atoms with E-state index in [0.29, 0.717) is 11.1 Å². The molecule has 0 radical (unpaired) electrons. The van der Waals surface area contributed by atoms with Crippen molar-refractivity contribution < 1.29 is 12.8 Å². The zero-order valence-electron chi connectivity index (χ0n) is 11.8. The van der Waals surface area contributed by atoms with Crippen LogP contribution in [-0.2, 0) is 27.9 Å². The molecule has 0 saturated carbocycles. The Balaban J connectivity index is 2.19. The van der Waals surface area contributed by atoms with E-state index in [1.54, 1.807) is 12.1 Å². The van der Waals surface area contributed by atoms with Crippen LogP contribution in [0.2, 0.25) is 0 Å². The molecule has 5 heteroatoms. The minimum Gasteiger partial charge on any atom is -0.326 e. The van der Waals surface area contributed by atoms with Gasteiger partial charge in [-0.1, -0.05) is 35.9 Å². The summed E-state index contributed by atoms with van der Waals surface area (Å²) < 4.78 is 37.9. The molecule has 0 bridgehead atoms. The summed E-state index contributed by atoms with van der Waals surface area (Å²) in [5.41, 5.74) is 8.26. The van der Waals surface area contributed by atoms with Gasteiger partial charge in [0, 0.05) is 6.54 Å². The Kier molecular flexibility index (Phi) is 4.75. The fourth-order valence-electron chi connectivity index (χ4n) is 2.28. The molecule has 0 aromatic heterocycles. The maximum atomic E-state index is 13.4. The molecule has 0 spiro atoms. The number of hydrogen-bond acceptors (Lipinski definition) is 3. The molecule has 0 aliphatic rings. The third-order valence-corrected chi connectivity index (χ3v) is 4.66. The predicted octanol–water partition coefficient (Wildman–Crippen LogP) is 2.71. The van der Waals surface area contributed by atoms with Crippen molar-refractivity contribution in [2.24, 2.45) is 5.73 Å². The van der Waals surface area contributed by atoms with E-state index in [0.717, 1.165) is 11.1 Å². The van der Waals surface area contributed by atoms with Crippen LogP contribution >= 0.6 is 0 Å². The molecule has 0 aliphatic carbocycles. The van der Waals surface area contributed by atoms with Crippen molar-refractivity contribution in [3.8, 4) is 0 Å². The number of sulfone groups is 1. The fraction of sp³-hybridized carbons (Fsp3) is 0.250. The van der Waals surface area contributed by atoms with Crippen LogP contribution < -0.4 is 5.73 Å². The van der Waals surface area contributed by atoms with Crippen LogP contribution in [0.3, 0.4) is 0 Å². The summed E-state index contributed by atoms with van der Waals surface area (Å²) in [6, 6.07) is 11.6. The molecule has 3 nitrogen and oxygen atoms in total. The first-order chi connectivity index (χ1) is 9.88. The van der Waals surface area contributed by atoms with E-state index in [1.807, 2.05) is 25.1 Å². The van der Waals surface area contributed by atoms with Gasteiger partial charge in [0.15, 0.2) is 9.84 Å². The van der Waals surface area contributed by atoms with Crippen LogP contribution in [0.5, 0.6) is 0 Å². The molecule has 21 heavy (non-hydrogen) atoms. The highest BCUT2D eigenvalue weighted by atomic mass is 32.2. The average molecular weight is 307 g/mol. The highest BCUT2D eigenvalue weighted by Gasteiger charge is 2.14. The summed E-state index contributed by atoms with van der Waals surface area (Å²) in [6.45, 7) is 2.10. The molecule has 2 aromatic rings. The molecule has 2 N–H and O–H groups in total. The van der Waals surface area contributed by atoms with E-state index >= 15 is 0 Å². The lowest BCUT2D eigenvalue weighted by atomic mass is 10.1. The molecule has 112 valence electrons. The van der Waals surface area contributed by atoms with Crippen molar-refractivity contribution in [3.63, 3.8) is 0 Å². The van der Waals surface area contributed by atoms with Gasteiger partial charge in [0.1, 0.15) is 5.82 Å². The molecule has 2 rings (SSSR count). The van der Waals surface area contributed by atoms with E-state index in [4.69, 9.17) is 5.73 Å². The van der Waals surface area contributed by atoms with Crippen molar-refractivity contribution in [3.05, 3.63) is 70.5 Å². The molecule has 2 aromatic carbocycles. The summed E-state index contributed by atoms with van der Waals surface area (Å²) in [4.78, 5) is 0. The third kappa shape index (κ3) is 4.65. The van der Waals surface area contributed by atoms with Gasteiger partial charge in [-0.3, -0.25) is 0 Å². The highest BCUT2D eigenvalue weighted by molar-refractivity contribution is 7.89. The highest BCUT2D eigenvalue weighted by Crippen LogP contribution is 2.16. The molecular weight excluding hydrogens is 289 g/mol. The van der Waals surface area contributed by atoms with Crippen molar-refractivity contribution in [2.45, 2.75) is 25.0 Å². The number of benzene rings is 2. The lowest BCUT2D eigenvalue weighted by molar-refractivity contribution is 0.593. The van der Waals surface area contributed by atoms with E-state index < -0.39 is 15.7 Å². The van der Waals surface area contributed by atoms with Gasteiger partial charge in [-0.25, -0.2) is 12.8 Å². The summed E-state index contributed by atoms with van der Waals surface area (Å²) in [5.74, 6) is -0.701. The lowest BCUT2D eigenvalue weighted by Crippen LogP contribution is -2.09. The predicted molar refractivity (Wildman–Crippen MR) is 81.8 cm³/mol. The van der Waals surface area contributed by atoms with Gasteiger partial charge in [-0.15, -0.1) is 0 Å². The Hall–Kier alpha value is -1.72. The minimum absolute atomic E-state index is 0.0524. The van der Waals surface area contributed by atoms with Gasteiger partial charge in [-0.2, -0.15) is 0 Å². The van der Waals surface area contributed by atoms with Crippen LogP contribution in [-0.4, -0.2) is 8.42 Å². The van der Waals surface area contributed by atoms with Gasteiger partial charge < -0.3 is 5.73 Å². The van der Waals surface area contributed by atoms with Gasteiger partial charge in [-0.05, 0) is 35.7 Å². The van der Waals surface area contributed by atoms with Gasteiger partial charge >= 0.3 is 0 Å². The van der Waals surface area contributed by atoms with Crippen LogP contribution in [0, 0.1) is 12.7 Å².